The fourth-order valence-corrected chi connectivity index (χ4v) is 9.24. The Morgan fingerprint density at radius 1 is 0.794 bits per heavy atom. The van der Waals surface area contributed by atoms with Crippen LogP contribution in [0.3, 0.4) is 0 Å². The molecule has 3 aliphatic rings. The number of amides is 5. The van der Waals surface area contributed by atoms with Crippen LogP contribution in [-0.2, 0) is 38.6 Å². The quantitative estimate of drug-likeness (QED) is 0.0587. The van der Waals surface area contributed by atoms with Crippen molar-refractivity contribution in [3.05, 3.63) is 89.6 Å². The number of aromatic nitrogens is 2. The highest BCUT2D eigenvalue weighted by atomic mass is 32.2. The normalized spacial score (nSPS) is 16.5. The Bertz CT molecular complexity index is 2600. The van der Waals surface area contributed by atoms with Gasteiger partial charge in [-0.25, -0.2) is 18.1 Å². The van der Waals surface area contributed by atoms with Gasteiger partial charge in [-0.3, -0.25) is 34.2 Å². The molecule has 0 radical (unpaired) electrons. The van der Waals surface area contributed by atoms with E-state index in [9.17, 15) is 32.4 Å². The lowest BCUT2D eigenvalue weighted by atomic mass is 10.0. The SMILES string of the molecule is Cc1cnc(Nc2ccc(N3CCN(C(=O)CCOCCOCCOCCNc4ccc5c(c4)C(=O)N(C4CCC(=O)NC4=O)C5=O)CC3)cc2)nc1Nc1cccc(S(=O)(=O)NC(C)(C)C)c1. The van der Waals surface area contributed by atoms with Crippen molar-refractivity contribution in [1.29, 1.82) is 0 Å². The lowest BCUT2D eigenvalue weighted by Gasteiger charge is -2.36. The summed E-state index contributed by atoms with van der Waals surface area (Å²) in [7, 11) is -3.72. The summed E-state index contributed by atoms with van der Waals surface area (Å²) in [5, 5.41) is 11.8. The van der Waals surface area contributed by atoms with Gasteiger partial charge in [0.05, 0.1) is 62.1 Å². The van der Waals surface area contributed by atoms with E-state index in [2.05, 4.69) is 40.9 Å². The summed E-state index contributed by atoms with van der Waals surface area (Å²) in [4.78, 5) is 76.9. The largest absolute Gasteiger partial charge is 0.383 e. The number of imide groups is 2. The van der Waals surface area contributed by atoms with Crippen LogP contribution in [0.15, 0.2) is 77.8 Å². The van der Waals surface area contributed by atoms with Crippen LogP contribution in [0.5, 0.6) is 0 Å². The van der Waals surface area contributed by atoms with Gasteiger partial charge < -0.3 is 40.0 Å². The topological polar surface area (TPSA) is 243 Å². The zero-order chi connectivity index (χ0) is 48.4. The summed E-state index contributed by atoms with van der Waals surface area (Å²) in [6.45, 7) is 12.4. The van der Waals surface area contributed by atoms with Crippen molar-refractivity contribution in [2.24, 2.45) is 0 Å². The molecule has 3 aromatic carbocycles. The molecule has 1 aromatic heterocycles. The molecule has 2 saturated heterocycles. The number of piperidine rings is 1. The van der Waals surface area contributed by atoms with Crippen LogP contribution in [0, 0.1) is 6.92 Å². The molecule has 0 spiro atoms. The van der Waals surface area contributed by atoms with Crippen LogP contribution < -0.4 is 30.9 Å². The molecular formula is C47H58N10O10S. The second-order valence-electron chi connectivity index (χ2n) is 17.5. The van der Waals surface area contributed by atoms with Crippen molar-refractivity contribution < 1.29 is 46.6 Å². The average molecular weight is 955 g/mol. The van der Waals surface area contributed by atoms with E-state index >= 15 is 0 Å². The molecule has 20 nitrogen and oxygen atoms in total. The summed E-state index contributed by atoms with van der Waals surface area (Å²) >= 11 is 0. The number of ether oxygens (including phenoxy) is 3. The predicted octanol–water partition coefficient (Wildman–Crippen LogP) is 3.95. The van der Waals surface area contributed by atoms with Crippen molar-refractivity contribution in [1.82, 2.24) is 29.8 Å². The van der Waals surface area contributed by atoms with Gasteiger partial charge in [0.15, 0.2) is 0 Å². The third kappa shape index (κ3) is 12.9. The van der Waals surface area contributed by atoms with E-state index in [0.29, 0.717) is 95.5 Å². The van der Waals surface area contributed by atoms with E-state index in [1.807, 2.05) is 36.1 Å². The van der Waals surface area contributed by atoms with Crippen molar-refractivity contribution in [2.45, 2.75) is 63.4 Å². The molecule has 5 amide bonds. The van der Waals surface area contributed by atoms with E-state index in [4.69, 9.17) is 14.2 Å². The smallest absolute Gasteiger partial charge is 0.262 e. The van der Waals surface area contributed by atoms with Gasteiger partial charge in [0, 0.05) is 79.2 Å². The fraction of sp³-hybridized carbons (Fsp3) is 0.426. The first-order valence-corrected chi connectivity index (χ1v) is 24.0. The second-order valence-corrected chi connectivity index (χ2v) is 19.2. The van der Waals surface area contributed by atoms with Crippen LogP contribution in [-0.4, -0.2) is 142 Å². The highest BCUT2D eigenvalue weighted by Gasteiger charge is 2.44. The molecule has 7 rings (SSSR count). The summed E-state index contributed by atoms with van der Waals surface area (Å²) in [6.07, 6.45) is 2.13. The number of carbonyl (C=O) groups is 5. The van der Waals surface area contributed by atoms with Crippen LogP contribution in [0.4, 0.5) is 34.5 Å². The zero-order valence-corrected chi connectivity index (χ0v) is 39.4. The Balaban J connectivity index is 0.732. The van der Waals surface area contributed by atoms with E-state index in [0.717, 1.165) is 21.8 Å². The molecule has 5 N–H and O–H groups in total. The number of piperazine rings is 1. The third-order valence-corrected chi connectivity index (χ3v) is 12.9. The predicted molar refractivity (Wildman–Crippen MR) is 254 cm³/mol. The number of fused-ring (bicyclic) bond motifs is 1. The van der Waals surface area contributed by atoms with Gasteiger partial charge >= 0.3 is 0 Å². The van der Waals surface area contributed by atoms with Gasteiger partial charge in [-0.15, -0.1) is 0 Å². The number of rotatable bonds is 21. The lowest BCUT2D eigenvalue weighted by molar-refractivity contribution is -0.136. The first-order chi connectivity index (χ1) is 32.5. The molecule has 1 atom stereocenters. The summed E-state index contributed by atoms with van der Waals surface area (Å²) in [5.74, 6) is -1.23. The standard InChI is InChI=1S/C47H58N10O10S/c1-31-30-49-46(53-42(31)50-34-6-5-7-36(28-34)68(63,64)54-47(2,3)4)51-32-8-11-35(12-9-32)55-18-20-56(21-19-55)41(59)16-22-65-24-26-67-27-25-66-23-17-48-33-10-13-37-38(29-33)45(62)57(44(37)61)39-14-15-40(58)52-43(39)60/h5-13,28-30,39,48,54H,14-27H2,1-4H3,(H,52,58,60)(H2,49,50,51,53). The molecule has 4 aromatic rings. The number of aryl methyl sites for hydroxylation is 1. The maximum absolute atomic E-state index is 13.0. The molecule has 362 valence electrons. The Morgan fingerprint density at radius 3 is 2.18 bits per heavy atom. The van der Waals surface area contributed by atoms with Crippen LogP contribution in [0.25, 0.3) is 0 Å². The molecule has 4 heterocycles. The number of nitrogens with one attached hydrogen (secondary N) is 5. The van der Waals surface area contributed by atoms with Crippen molar-refractivity contribution in [3.8, 4) is 0 Å². The summed E-state index contributed by atoms with van der Waals surface area (Å²) in [6, 6.07) is 18.3. The molecule has 2 fully saturated rings. The van der Waals surface area contributed by atoms with E-state index < -0.39 is 45.2 Å². The van der Waals surface area contributed by atoms with Crippen molar-refractivity contribution in [2.75, 3.05) is 93.2 Å². The number of nitrogens with zero attached hydrogens (tertiary/aromatic N) is 5. The second kappa shape index (κ2) is 22.1. The van der Waals surface area contributed by atoms with Gasteiger partial charge in [-0.05, 0) is 94.8 Å². The van der Waals surface area contributed by atoms with Crippen molar-refractivity contribution in [3.63, 3.8) is 0 Å². The summed E-state index contributed by atoms with van der Waals surface area (Å²) in [5.41, 5.74) is 3.60. The highest BCUT2D eigenvalue weighted by molar-refractivity contribution is 7.89. The Hall–Kier alpha value is -6.52. The van der Waals surface area contributed by atoms with Gasteiger partial charge in [0.25, 0.3) is 11.8 Å². The number of hydrogen-bond acceptors (Lipinski definition) is 16. The molecule has 3 aliphatic heterocycles. The van der Waals surface area contributed by atoms with E-state index in [1.165, 1.54) is 0 Å². The maximum Gasteiger partial charge on any atom is 0.262 e. The van der Waals surface area contributed by atoms with Crippen LogP contribution in [0.1, 0.15) is 66.3 Å². The lowest BCUT2D eigenvalue weighted by Crippen LogP contribution is -2.54. The monoisotopic (exact) mass is 954 g/mol. The Kier molecular flexibility index (Phi) is 16.0. The first-order valence-electron chi connectivity index (χ1n) is 22.5. The molecule has 0 saturated carbocycles. The minimum Gasteiger partial charge on any atom is -0.383 e. The zero-order valence-electron chi connectivity index (χ0n) is 38.6. The molecular weight excluding hydrogens is 897 g/mol. The molecule has 21 heteroatoms. The average Bonchev–Trinajstić information content (AvgIpc) is 3.54. The Labute approximate surface area is 395 Å². The molecule has 1 unspecified atom stereocenters. The number of anilines is 6. The Morgan fingerprint density at radius 2 is 1.47 bits per heavy atom. The number of carbonyl (C=O) groups excluding carboxylic acids is 5. The molecule has 0 bridgehead atoms. The molecule has 0 aliphatic carbocycles. The van der Waals surface area contributed by atoms with Crippen LogP contribution in [0.2, 0.25) is 0 Å². The van der Waals surface area contributed by atoms with Gasteiger partial charge in [-0.1, -0.05) is 6.07 Å². The van der Waals surface area contributed by atoms with E-state index in [1.54, 1.807) is 69.4 Å². The van der Waals surface area contributed by atoms with Gasteiger partial charge in [0.2, 0.25) is 33.7 Å². The number of benzene rings is 3. The highest BCUT2D eigenvalue weighted by Crippen LogP contribution is 2.30. The van der Waals surface area contributed by atoms with Crippen molar-refractivity contribution >= 4 is 74.1 Å². The first kappa shape index (κ1) is 49.4. The molecule has 68 heavy (non-hydrogen) atoms. The third-order valence-electron chi connectivity index (χ3n) is 11.2. The minimum absolute atomic E-state index is 0.0449. The summed E-state index contributed by atoms with van der Waals surface area (Å²) < 4.78 is 45.3. The number of hydrogen-bond donors (Lipinski definition) is 5. The van der Waals surface area contributed by atoms with E-state index in [-0.39, 0.29) is 41.2 Å². The number of sulfonamides is 1. The fourth-order valence-electron chi connectivity index (χ4n) is 7.78. The minimum atomic E-state index is -3.72. The van der Waals surface area contributed by atoms with Gasteiger partial charge in [0.1, 0.15) is 11.9 Å². The van der Waals surface area contributed by atoms with Gasteiger partial charge in [-0.2, -0.15) is 4.98 Å². The maximum atomic E-state index is 13.0. The van der Waals surface area contributed by atoms with Crippen LogP contribution >= 0.6 is 0 Å².